The number of carbonyl (C=O) groups is 1. The van der Waals surface area contributed by atoms with Gasteiger partial charge in [0.2, 0.25) is 0 Å². The number of aromatic nitrogens is 2. The van der Waals surface area contributed by atoms with Crippen LogP contribution in [0.5, 0.6) is 0 Å². The van der Waals surface area contributed by atoms with Gasteiger partial charge in [-0.2, -0.15) is 0 Å². The minimum absolute atomic E-state index is 0.0169. The Balaban J connectivity index is 1.09. The van der Waals surface area contributed by atoms with E-state index < -0.39 is 0 Å². The van der Waals surface area contributed by atoms with Crippen molar-refractivity contribution in [1.29, 1.82) is 0 Å². The maximum Gasteiger partial charge on any atom is 0.315 e. The Labute approximate surface area is 147 Å². The monoisotopic (exact) mass is 346 g/mol. The molecule has 2 N–H and O–H groups in total. The first-order valence-electron chi connectivity index (χ1n) is 9.51. The quantitative estimate of drug-likeness (QED) is 0.881. The molecule has 2 amide bonds. The number of nitrogens with one attached hydrogen (secondary N) is 2. The van der Waals surface area contributed by atoms with Gasteiger partial charge in [-0.1, -0.05) is 18.2 Å². The number of hydrogen-bond acceptors (Lipinski definition) is 3. The van der Waals surface area contributed by atoms with Gasteiger partial charge in [0.05, 0.1) is 5.69 Å². The lowest BCUT2D eigenvalue weighted by atomic mass is 9.79. The van der Waals surface area contributed by atoms with Gasteiger partial charge >= 0.3 is 6.03 Å². The predicted molar refractivity (Wildman–Crippen MR) is 94.0 cm³/mol. The Bertz CT molecular complexity index is 623. The molecule has 1 aromatic rings. The topological polar surface area (TPSA) is 59.0 Å². The highest BCUT2D eigenvalue weighted by Crippen LogP contribution is 2.58. The molecule has 0 spiro atoms. The molecular formula is C18H26N4OS. The maximum absolute atomic E-state index is 12.2. The van der Waals surface area contributed by atoms with Crippen LogP contribution >= 0.6 is 11.8 Å². The number of imidazole rings is 1. The third-order valence-corrected chi connectivity index (χ3v) is 7.74. The standard InChI is InChI=1S/C18H26N4OS/c23-17(19-5-4-12-10-22-6-7-24-18(22)20-12)21-16-9-11-8-15(16)14-3-1-2-13(11)14/h10-11,13-16H,1-9H2,(H2,19,21,23). The number of amides is 2. The number of rotatable bonds is 4. The number of hydrogen-bond donors (Lipinski definition) is 2. The molecule has 3 fully saturated rings. The van der Waals surface area contributed by atoms with Crippen molar-refractivity contribution in [2.75, 3.05) is 12.3 Å². The fourth-order valence-electron chi connectivity index (χ4n) is 5.84. The Morgan fingerprint density at radius 3 is 3.12 bits per heavy atom. The van der Waals surface area contributed by atoms with Gasteiger partial charge in [0.25, 0.3) is 0 Å². The lowest BCUT2D eigenvalue weighted by Crippen LogP contribution is -2.47. The molecule has 1 aliphatic heterocycles. The second-order valence-corrected chi connectivity index (χ2v) is 9.03. The Hall–Kier alpha value is -1.17. The highest BCUT2D eigenvalue weighted by atomic mass is 32.2. The van der Waals surface area contributed by atoms with E-state index in [4.69, 9.17) is 0 Å². The highest BCUT2D eigenvalue weighted by Gasteiger charge is 2.54. The van der Waals surface area contributed by atoms with Crippen LogP contribution in [0.1, 0.15) is 37.8 Å². The molecule has 3 saturated carbocycles. The largest absolute Gasteiger partial charge is 0.338 e. The number of fused-ring (bicyclic) bond motifs is 6. The Kier molecular flexibility index (Phi) is 3.76. The summed E-state index contributed by atoms with van der Waals surface area (Å²) in [7, 11) is 0. The van der Waals surface area contributed by atoms with Crippen LogP contribution in [0.4, 0.5) is 4.79 Å². The van der Waals surface area contributed by atoms with E-state index in [0.29, 0.717) is 12.6 Å². The smallest absolute Gasteiger partial charge is 0.315 e. The van der Waals surface area contributed by atoms with E-state index in [1.54, 1.807) is 0 Å². The van der Waals surface area contributed by atoms with Gasteiger partial charge in [0, 0.05) is 37.5 Å². The first-order valence-corrected chi connectivity index (χ1v) is 10.5. The fraction of sp³-hybridized carbons (Fsp3) is 0.778. The van der Waals surface area contributed by atoms with Gasteiger partial charge in [0.15, 0.2) is 5.16 Å². The molecule has 24 heavy (non-hydrogen) atoms. The molecule has 5 rings (SSSR count). The van der Waals surface area contributed by atoms with Gasteiger partial charge in [-0.05, 0) is 49.4 Å². The molecule has 5 unspecified atom stereocenters. The molecule has 4 aliphatic rings. The van der Waals surface area contributed by atoms with E-state index in [1.165, 1.54) is 32.1 Å². The van der Waals surface area contributed by atoms with Crippen molar-refractivity contribution in [2.45, 2.75) is 56.3 Å². The SMILES string of the molecule is O=C(NCCc1cn2c(n1)SCC2)NC1CC2CC1C1CCCC21. The zero-order valence-electron chi connectivity index (χ0n) is 14.0. The summed E-state index contributed by atoms with van der Waals surface area (Å²) >= 11 is 1.82. The minimum atomic E-state index is 0.0169. The first-order chi connectivity index (χ1) is 11.8. The zero-order chi connectivity index (χ0) is 16.1. The fourth-order valence-corrected chi connectivity index (χ4v) is 6.80. The summed E-state index contributed by atoms with van der Waals surface area (Å²) in [5.74, 6) is 4.66. The molecule has 0 radical (unpaired) electrons. The van der Waals surface area contributed by atoms with E-state index in [9.17, 15) is 4.79 Å². The van der Waals surface area contributed by atoms with Crippen LogP contribution in [0.3, 0.4) is 0 Å². The number of aryl methyl sites for hydroxylation is 1. The van der Waals surface area contributed by atoms with E-state index in [1.807, 2.05) is 11.8 Å². The predicted octanol–water partition coefficient (Wildman–Crippen LogP) is 2.66. The van der Waals surface area contributed by atoms with Crippen molar-refractivity contribution in [2.24, 2.45) is 23.7 Å². The van der Waals surface area contributed by atoms with Gasteiger partial charge < -0.3 is 15.2 Å². The highest BCUT2D eigenvalue weighted by molar-refractivity contribution is 7.99. The van der Waals surface area contributed by atoms with Crippen molar-refractivity contribution < 1.29 is 4.79 Å². The Morgan fingerprint density at radius 1 is 1.29 bits per heavy atom. The van der Waals surface area contributed by atoms with Crippen LogP contribution < -0.4 is 10.6 Å². The van der Waals surface area contributed by atoms with Crippen LogP contribution in [-0.4, -0.2) is 33.9 Å². The second kappa shape index (κ2) is 5.97. The number of nitrogens with zero attached hydrogens (tertiary/aromatic N) is 2. The molecule has 2 bridgehead atoms. The van der Waals surface area contributed by atoms with Crippen molar-refractivity contribution >= 4 is 17.8 Å². The summed E-state index contributed by atoms with van der Waals surface area (Å²) in [6, 6.07) is 0.436. The van der Waals surface area contributed by atoms with Gasteiger partial charge in [0.1, 0.15) is 0 Å². The molecule has 0 aromatic carbocycles. The first kappa shape index (κ1) is 15.1. The van der Waals surface area contributed by atoms with Crippen LogP contribution in [0, 0.1) is 23.7 Å². The third kappa shape index (κ3) is 2.54. The molecular weight excluding hydrogens is 320 g/mol. The van der Waals surface area contributed by atoms with Crippen molar-refractivity contribution in [3.8, 4) is 0 Å². The molecule has 5 atom stereocenters. The summed E-state index contributed by atoms with van der Waals surface area (Å²) < 4.78 is 2.22. The molecule has 1 aromatic heterocycles. The van der Waals surface area contributed by atoms with Crippen molar-refractivity contribution in [3.63, 3.8) is 0 Å². The Morgan fingerprint density at radius 2 is 2.21 bits per heavy atom. The van der Waals surface area contributed by atoms with Crippen molar-refractivity contribution in [1.82, 2.24) is 20.2 Å². The zero-order valence-corrected chi connectivity index (χ0v) is 14.9. The number of thioether (sulfide) groups is 1. The summed E-state index contributed by atoms with van der Waals surface area (Å²) in [6.07, 6.45) is 9.77. The minimum Gasteiger partial charge on any atom is -0.338 e. The molecule has 6 heteroatoms. The maximum atomic E-state index is 12.2. The van der Waals surface area contributed by atoms with E-state index in [0.717, 1.165) is 53.2 Å². The molecule has 2 heterocycles. The third-order valence-electron chi connectivity index (χ3n) is 6.77. The van der Waals surface area contributed by atoms with Gasteiger partial charge in [-0.25, -0.2) is 9.78 Å². The van der Waals surface area contributed by atoms with Gasteiger partial charge in [-0.3, -0.25) is 0 Å². The van der Waals surface area contributed by atoms with E-state index >= 15 is 0 Å². The molecule has 5 nitrogen and oxygen atoms in total. The number of urea groups is 1. The molecule has 0 saturated heterocycles. The number of carbonyl (C=O) groups excluding carboxylic acids is 1. The molecule has 3 aliphatic carbocycles. The summed E-state index contributed by atoms with van der Waals surface area (Å²) in [4.78, 5) is 16.9. The summed E-state index contributed by atoms with van der Waals surface area (Å²) in [5.41, 5.74) is 1.09. The second-order valence-electron chi connectivity index (χ2n) is 7.97. The van der Waals surface area contributed by atoms with Crippen LogP contribution in [-0.2, 0) is 13.0 Å². The van der Waals surface area contributed by atoms with Gasteiger partial charge in [-0.15, -0.1) is 0 Å². The summed E-state index contributed by atoms with van der Waals surface area (Å²) in [6.45, 7) is 1.73. The van der Waals surface area contributed by atoms with Crippen LogP contribution in [0.2, 0.25) is 0 Å². The van der Waals surface area contributed by atoms with E-state index in [-0.39, 0.29) is 6.03 Å². The average molecular weight is 347 g/mol. The van der Waals surface area contributed by atoms with Crippen LogP contribution in [0.15, 0.2) is 11.4 Å². The normalized spacial score (nSPS) is 35.9. The van der Waals surface area contributed by atoms with Crippen LogP contribution in [0.25, 0.3) is 0 Å². The summed E-state index contributed by atoms with van der Waals surface area (Å²) in [5, 5.41) is 7.43. The lowest BCUT2D eigenvalue weighted by Gasteiger charge is -2.32. The lowest BCUT2D eigenvalue weighted by molar-refractivity contribution is 0.198. The molecule has 130 valence electrons. The van der Waals surface area contributed by atoms with E-state index in [2.05, 4.69) is 26.4 Å². The van der Waals surface area contributed by atoms with Crippen molar-refractivity contribution in [3.05, 3.63) is 11.9 Å². The average Bonchev–Trinajstić information content (AvgIpc) is 3.31.